The molecule has 0 heterocycles. The van der Waals surface area contributed by atoms with Crippen molar-refractivity contribution in [2.45, 2.75) is 34.1 Å². The van der Waals surface area contributed by atoms with Crippen LogP contribution in [0.3, 0.4) is 0 Å². The normalized spacial score (nSPS) is 10.9. The zero-order chi connectivity index (χ0) is 19.8. The SMILES string of the molecule is CCN(CC)CCCOc1cccc(C)c1C(=O)Nc1ccc(Cl)c(C)c1. The Labute approximate surface area is 167 Å². The second-order valence-corrected chi connectivity index (χ2v) is 7.00. The van der Waals surface area contributed by atoms with Gasteiger partial charge in [0, 0.05) is 17.3 Å². The molecular formula is C22H29ClN2O2. The van der Waals surface area contributed by atoms with Gasteiger partial charge in [-0.05, 0) is 68.8 Å². The van der Waals surface area contributed by atoms with Crippen molar-refractivity contribution in [3.05, 3.63) is 58.1 Å². The first kappa shape index (κ1) is 21.3. The fraction of sp³-hybridized carbons (Fsp3) is 0.409. The first-order valence-electron chi connectivity index (χ1n) is 9.48. The van der Waals surface area contributed by atoms with Gasteiger partial charge in [-0.3, -0.25) is 4.79 Å². The van der Waals surface area contributed by atoms with Gasteiger partial charge in [0.05, 0.1) is 12.2 Å². The number of halogens is 1. The maximum Gasteiger partial charge on any atom is 0.259 e. The van der Waals surface area contributed by atoms with E-state index in [1.54, 1.807) is 12.1 Å². The van der Waals surface area contributed by atoms with E-state index in [9.17, 15) is 4.79 Å². The molecule has 0 fully saturated rings. The van der Waals surface area contributed by atoms with Crippen molar-refractivity contribution >= 4 is 23.2 Å². The first-order chi connectivity index (χ1) is 13.0. The van der Waals surface area contributed by atoms with E-state index in [0.29, 0.717) is 22.9 Å². The summed E-state index contributed by atoms with van der Waals surface area (Å²) >= 11 is 6.06. The molecule has 27 heavy (non-hydrogen) atoms. The Morgan fingerprint density at radius 3 is 2.52 bits per heavy atom. The lowest BCUT2D eigenvalue weighted by Crippen LogP contribution is -2.25. The van der Waals surface area contributed by atoms with E-state index in [1.165, 1.54) is 0 Å². The molecule has 0 aliphatic rings. The van der Waals surface area contributed by atoms with Crippen molar-refractivity contribution in [1.29, 1.82) is 0 Å². The molecule has 1 N–H and O–H groups in total. The second-order valence-electron chi connectivity index (χ2n) is 6.60. The van der Waals surface area contributed by atoms with Crippen LogP contribution in [-0.2, 0) is 0 Å². The molecule has 0 radical (unpaired) electrons. The molecule has 146 valence electrons. The fourth-order valence-electron chi connectivity index (χ4n) is 2.98. The lowest BCUT2D eigenvalue weighted by molar-refractivity contribution is 0.102. The molecule has 0 aromatic heterocycles. The van der Waals surface area contributed by atoms with E-state index < -0.39 is 0 Å². The average Bonchev–Trinajstić information content (AvgIpc) is 2.65. The van der Waals surface area contributed by atoms with Gasteiger partial charge in [-0.15, -0.1) is 0 Å². The third kappa shape index (κ3) is 5.98. The van der Waals surface area contributed by atoms with E-state index in [0.717, 1.165) is 42.9 Å². The van der Waals surface area contributed by atoms with E-state index in [2.05, 4.69) is 24.1 Å². The van der Waals surface area contributed by atoms with E-state index in [-0.39, 0.29) is 5.91 Å². The number of ether oxygens (including phenoxy) is 1. The summed E-state index contributed by atoms with van der Waals surface area (Å²) in [5.41, 5.74) is 3.11. The minimum atomic E-state index is -0.173. The van der Waals surface area contributed by atoms with Crippen LogP contribution in [0.25, 0.3) is 0 Å². The van der Waals surface area contributed by atoms with Gasteiger partial charge < -0.3 is 15.0 Å². The lowest BCUT2D eigenvalue weighted by atomic mass is 10.1. The predicted octanol–water partition coefficient (Wildman–Crippen LogP) is 5.32. The molecule has 0 aliphatic carbocycles. The van der Waals surface area contributed by atoms with Crippen LogP contribution in [0, 0.1) is 13.8 Å². The minimum absolute atomic E-state index is 0.173. The number of rotatable bonds is 9. The third-order valence-electron chi connectivity index (χ3n) is 4.65. The number of amides is 1. The smallest absolute Gasteiger partial charge is 0.259 e. The topological polar surface area (TPSA) is 41.6 Å². The van der Waals surface area contributed by atoms with Gasteiger partial charge in [0.1, 0.15) is 5.75 Å². The number of nitrogens with zero attached hydrogens (tertiary/aromatic N) is 1. The van der Waals surface area contributed by atoms with Crippen molar-refractivity contribution in [3.63, 3.8) is 0 Å². The monoisotopic (exact) mass is 388 g/mol. The second kappa shape index (κ2) is 10.3. The Hall–Kier alpha value is -2.04. The number of hydrogen-bond donors (Lipinski definition) is 1. The van der Waals surface area contributed by atoms with Gasteiger partial charge in [0.2, 0.25) is 0 Å². The molecule has 0 spiro atoms. The van der Waals surface area contributed by atoms with Crippen LogP contribution >= 0.6 is 11.6 Å². The van der Waals surface area contributed by atoms with Gasteiger partial charge in [-0.25, -0.2) is 0 Å². The van der Waals surface area contributed by atoms with Gasteiger partial charge in [-0.1, -0.05) is 37.6 Å². The Kier molecular flexibility index (Phi) is 8.14. The average molecular weight is 389 g/mol. The summed E-state index contributed by atoms with van der Waals surface area (Å²) in [4.78, 5) is 15.2. The van der Waals surface area contributed by atoms with Gasteiger partial charge in [0.25, 0.3) is 5.91 Å². The lowest BCUT2D eigenvalue weighted by Gasteiger charge is -2.18. The summed E-state index contributed by atoms with van der Waals surface area (Å²) < 4.78 is 5.95. The molecule has 0 saturated carbocycles. The highest BCUT2D eigenvalue weighted by Crippen LogP contribution is 2.25. The van der Waals surface area contributed by atoms with Gasteiger partial charge in [-0.2, -0.15) is 0 Å². The summed E-state index contributed by atoms with van der Waals surface area (Å²) in [6.45, 7) is 11.8. The summed E-state index contributed by atoms with van der Waals surface area (Å²) in [7, 11) is 0. The molecule has 0 atom stereocenters. The van der Waals surface area contributed by atoms with E-state index in [1.807, 2.05) is 38.1 Å². The fourth-order valence-corrected chi connectivity index (χ4v) is 3.10. The molecule has 0 unspecified atom stereocenters. The summed E-state index contributed by atoms with van der Waals surface area (Å²) in [6.07, 6.45) is 0.924. The van der Waals surface area contributed by atoms with Crippen LogP contribution < -0.4 is 10.1 Å². The first-order valence-corrected chi connectivity index (χ1v) is 9.86. The van der Waals surface area contributed by atoms with Crippen LogP contribution in [0.2, 0.25) is 5.02 Å². The molecule has 2 aromatic rings. The van der Waals surface area contributed by atoms with Crippen LogP contribution in [0.4, 0.5) is 5.69 Å². The number of nitrogens with one attached hydrogen (secondary N) is 1. The maximum atomic E-state index is 12.9. The molecule has 2 aromatic carbocycles. The zero-order valence-corrected chi connectivity index (χ0v) is 17.4. The molecule has 5 heteroatoms. The molecule has 0 bridgehead atoms. The highest BCUT2D eigenvalue weighted by Gasteiger charge is 2.16. The van der Waals surface area contributed by atoms with Crippen molar-refractivity contribution in [2.24, 2.45) is 0 Å². The standard InChI is InChI=1S/C22H29ClN2O2/c1-5-25(6-2)13-8-14-27-20-10-7-9-16(3)21(20)22(26)24-18-11-12-19(23)17(4)15-18/h7,9-12,15H,5-6,8,13-14H2,1-4H3,(H,24,26). The molecule has 4 nitrogen and oxygen atoms in total. The number of benzene rings is 2. The van der Waals surface area contributed by atoms with Crippen LogP contribution in [-0.4, -0.2) is 37.0 Å². The molecule has 1 amide bonds. The highest BCUT2D eigenvalue weighted by atomic mass is 35.5. The van der Waals surface area contributed by atoms with Crippen molar-refractivity contribution in [1.82, 2.24) is 4.90 Å². The van der Waals surface area contributed by atoms with Crippen LogP contribution in [0.1, 0.15) is 41.8 Å². The van der Waals surface area contributed by atoms with Crippen molar-refractivity contribution < 1.29 is 9.53 Å². The maximum absolute atomic E-state index is 12.9. The Balaban J connectivity index is 2.07. The quantitative estimate of drug-likeness (QED) is 0.591. The largest absolute Gasteiger partial charge is 0.493 e. The van der Waals surface area contributed by atoms with Crippen molar-refractivity contribution in [3.8, 4) is 5.75 Å². The summed E-state index contributed by atoms with van der Waals surface area (Å²) in [5, 5.41) is 3.63. The Morgan fingerprint density at radius 1 is 1.11 bits per heavy atom. The number of anilines is 1. The molecular weight excluding hydrogens is 360 g/mol. The van der Waals surface area contributed by atoms with Gasteiger partial charge in [0.15, 0.2) is 0 Å². The summed E-state index contributed by atoms with van der Waals surface area (Å²) in [6, 6.07) is 11.1. The van der Waals surface area contributed by atoms with Gasteiger partial charge >= 0.3 is 0 Å². The summed E-state index contributed by atoms with van der Waals surface area (Å²) in [5.74, 6) is 0.450. The Morgan fingerprint density at radius 2 is 1.85 bits per heavy atom. The number of aryl methyl sites for hydroxylation is 2. The van der Waals surface area contributed by atoms with E-state index in [4.69, 9.17) is 16.3 Å². The van der Waals surface area contributed by atoms with Crippen LogP contribution in [0.5, 0.6) is 5.75 Å². The predicted molar refractivity (Wildman–Crippen MR) is 113 cm³/mol. The van der Waals surface area contributed by atoms with E-state index >= 15 is 0 Å². The molecule has 0 aliphatic heterocycles. The minimum Gasteiger partial charge on any atom is -0.493 e. The number of hydrogen-bond acceptors (Lipinski definition) is 3. The molecule has 0 saturated heterocycles. The third-order valence-corrected chi connectivity index (χ3v) is 5.07. The number of carbonyl (C=O) groups excluding carboxylic acids is 1. The Bertz CT molecular complexity index is 773. The highest BCUT2D eigenvalue weighted by molar-refractivity contribution is 6.31. The van der Waals surface area contributed by atoms with Crippen molar-refractivity contribution in [2.75, 3.05) is 31.6 Å². The number of carbonyl (C=O) groups is 1. The zero-order valence-electron chi connectivity index (χ0n) is 16.6. The van der Waals surface area contributed by atoms with Crippen LogP contribution in [0.15, 0.2) is 36.4 Å². The molecule has 2 rings (SSSR count).